The summed E-state index contributed by atoms with van der Waals surface area (Å²) in [6.07, 6.45) is 0. The number of benzene rings is 1. The van der Waals surface area contributed by atoms with Crippen LogP contribution in [0.25, 0.3) is 21.7 Å². The lowest BCUT2D eigenvalue weighted by Crippen LogP contribution is -2.06. The maximum absolute atomic E-state index is 4.61. The average Bonchev–Trinajstić information content (AvgIpc) is 3.24. The van der Waals surface area contributed by atoms with Crippen LogP contribution in [0.4, 0.5) is 5.82 Å². The number of H-pyrrole nitrogens is 1. The Hall–Kier alpha value is -2.80. The lowest BCUT2D eigenvalue weighted by atomic mass is 10.3. The van der Waals surface area contributed by atoms with Gasteiger partial charge in [-0.1, -0.05) is 18.2 Å². The number of hydrogen-bond acceptors (Lipinski definition) is 6. The topological polar surface area (TPSA) is 79.4 Å². The summed E-state index contributed by atoms with van der Waals surface area (Å²) in [4.78, 5) is 14.7. The fourth-order valence-electron chi connectivity index (χ4n) is 2.31. The highest BCUT2D eigenvalue weighted by atomic mass is 32.1. The molecule has 0 amide bonds. The first kappa shape index (κ1) is 13.8. The van der Waals surface area contributed by atoms with E-state index in [1.165, 1.54) is 0 Å². The van der Waals surface area contributed by atoms with Crippen molar-refractivity contribution in [1.82, 2.24) is 25.1 Å². The molecule has 7 heteroatoms. The molecule has 0 aliphatic carbocycles. The molecular formula is C16H14N6S. The molecule has 0 fully saturated rings. The van der Waals surface area contributed by atoms with Crippen LogP contribution >= 0.6 is 11.3 Å². The molecule has 6 nitrogen and oxygen atoms in total. The van der Waals surface area contributed by atoms with Crippen molar-refractivity contribution in [2.45, 2.75) is 13.5 Å². The maximum atomic E-state index is 4.61. The van der Waals surface area contributed by atoms with Gasteiger partial charge in [-0.25, -0.2) is 15.0 Å². The largest absolute Gasteiger partial charge is 0.361 e. The zero-order valence-corrected chi connectivity index (χ0v) is 13.3. The fraction of sp³-hybridized carbons (Fsp3) is 0.125. The van der Waals surface area contributed by atoms with Gasteiger partial charge < -0.3 is 5.32 Å². The number of nitrogens with one attached hydrogen (secondary N) is 2. The van der Waals surface area contributed by atoms with Crippen LogP contribution in [-0.4, -0.2) is 25.1 Å². The van der Waals surface area contributed by atoms with E-state index in [1.807, 2.05) is 48.7 Å². The number of aromatic amines is 1. The molecule has 0 radical (unpaired) electrons. The molecule has 0 atom stereocenters. The Kier molecular flexibility index (Phi) is 3.47. The molecule has 1 aromatic carbocycles. The van der Waals surface area contributed by atoms with Crippen molar-refractivity contribution >= 4 is 28.2 Å². The van der Waals surface area contributed by atoms with Gasteiger partial charge in [0.15, 0.2) is 5.82 Å². The van der Waals surface area contributed by atoms with Crippen molar-refractivity contribution in [3.05, 3.63) is 53.3 Å². The van der Waals surface area contributed by atoms with E-state index in [9.17, 15) is 0 Å². The first-order valence-corrected chi connectivity index (χ1v) is 8.10. The lowest BCUT2D eigenvalue weighted by molar-refractivity contribution is 0.943. The summed E-state index contributed by atoms with van der Waals surface area (Å²) in [5, 5.41) is 12.5. The molecule has 0 unspecified atom stereocenters. The van der Waals surface area contributed by atoms with Gasteiger partial charge in [0.1, 0.15) is 11.6 Å². The van der Waals surface area contributed by atoms with E-state index in [0.29, 0.717) is 6.54 Å². The van der Waals surface area contributed by atoms with Gasteiger partial charge in [-0.3, -0.25) is 5.10 Å². The molecule has 0 aliphatic heterocycles. The van der Waals surface area contributed by atoms with Crippen LogP contribution in [-0.2, 0) is 6.54 Å². The van der Waals surface area contributed by atoms with Gasteiger partial charge in [0.05, 0.1) is 28.1 Å². The SMILES string of the molecule is Cc1nc2ccccc2nc1NCc1nc(-c2cccs2)n[nH]1. The Morgan fingerprint density at radius 2 is 1.87 bits per heavy atom. The van der Waals surface area contributed by atoms with Crippen molar-refractivity contribution in [1.29, 1.82) is 0 Å². The zero-order chi connectivity index (χ0) is 15.6. The number of hydrogen-bond donors (Lipinski definition) is 2. The number of para-hydroxylation sites is 2. The normalized spacial score (nSPS) is 11.0. The molecule has 4 aromatic rings. The molecule has 0 aliphatic rings. The average molecular weight is 322 g/mol. The molecule has 0 saturated carbocycles. The summed E-state index contributed by atoms with van der Waals surface area (Å²) >= 11 is 1.62. The van der Waals surface area contributed by atoms with Crippen LogP contribution in [0.1, 0.15) is 11.5 Å². The molecule has 4 rings (SSSR count). The number of aryl methyl sites for hydroxylation is 1. The highest BCUT2D eigenvalue weighted by Crippen LogP contribution is 2.21. The first-order valence-electron chi connectivity index (χ1n) is 7.22. The van der Waals surface area contributed by atoms with Gasteiger partial charge in [-0.05, 0) is 30.5 Å². The third-order valence-electron chi connectivity index (χ3n) is 3.44. The van der Waals surface area contributed by atoms with Gasteiger partial charge >= 0.3 is 0 Å². The van der Waals surface area contributed by atoms with Crippen molar-refractivity contribution < 1.29 is 0 Å². The molecule has 0 saturated heterocycles. The molecule has 114 valence electrons. The van der Waals surface area contributed by atoms with Gasteiger partial charge in [0.25, 0.3) is 0 Å². The van der Waals surface area contributed by atoms with Crippen LogP contribution in [0.15, 0.2) is 41.8 Å². The minimum absolute atomic E-state index is 0.520. The van der Waals surface area contributed by atoms with Crippen LogP contribution in [0.3, 0.4) is 0 Å². The van der Waals surface area contributed by atoms with Crippen LogP contribution in [0.5, 0.6) is 0 Å². The summed E-state index contributed by atoms with van der Waals surface area (Å²) < 4.78 is 0. The van der Waals surface area contributed by atoms with Crippen molar-refractivity contribution in [3.8, 4) is 10.7 Å². The zero-order valence-electron chi connectivity index (χ0n) is 12.4. The predicted octanol–water partition coefficient (Wildman–Crippen LogP) is 3.40. The molecule has 3 heterocycles. The summed E-state index contributed by atoms with van der Waals surface area (Å²) in [5.41, 5.74) is 2.63. The Labute approximate surface area is 136 Å². The monoisotopic (exact) mass is 322 g/mol. The molecular weight excluding hydrogens is 308 g/mol. The summed E-state index contributed by atoms with van der Waals surface area (Å²) in [7, 11) is 0. The van der Waals surface area contributed by atoms with Gasteiger partial charge in [-0.2, -0.15) is 5.10 Å². The Morgan fingerprint density at radius 3 is 2.65 bits per heavy atom. The quantitative estimate of drug-likeness (QED) is 0.602. The number of thiophene rings is 1. The number of anilines is 1. The fourth-order valence-corrected chi connectivity index (χ4v) is 2.97. The minimum atomic E-state index is 0.520. The number of fused-ring (bicyclic) bond motifs is 1. The van der Waals surface area contributed by atoms with Crippen LogP contribution in [0, 0.1) is 6.92 Å². The third kappa shape index (κ3) is 2.78. The smallest absolute Gasteiger partial charge is 0.191 e. The number of nitrogens with zero attached hydrogens (tertiary/aromatic N) is 4. The van der Waals surface area contributed by atoms with Crippen molar-refractivity contribution in [3.63, 3.8) is 0 Å². The minimum Gasteiger partial charge on any atom is -0.361 e. The Morgan fingerprint density at radius 1 is 1.04 bits per heavy atom. The maximum Gasteiger partial charge on any atom is 0.191 e. The molecule has 2 N–H and O–H groups in total. The molecule has 0 spiro atoms. The number of rotatable bonds is 4. The van der Waals surface area contributed by atoms with Crippen LogP contribution < -0.4 is 5.32 Å². The molecule has 23 heavy (non-hydrogen) atoms. The second-order valence-corrected chi connectivity index (χ2v) is 6.03. The lowest BCUT2D eigenvalue weighted by Gasteiger charge is -2.07. The Balaban J connectivity index is 1.54. The van der Waals surface area contributed by atoms with E-state index < -0.39 is 0 Å². The highest BCUT2D eigenvalue weighted by molar-refractivity contribution is 7.13. The summed E-state index contributed by atoms with van der Waals surface area (Å²) in [6.45, 7) is 2.46. The van der Waals surface area contributed by atoms with Crippen molar-refractivity contribution in [2.75, 3.05) is 5.32 Å². The van der Waals surface area contributed by atoms with Gasteiger partial charge in [-0.15, -0.1) is 11.3 Å². The molecule has 0 bridgehead atoms. The van der Waals surface area contributed by atoms with E-state index in [4.69, 9.17) is 0 Å². The third-order valence-corrected chi connectivity index (χ3v) is 4.31. The van der Waals surface area contributed by atoms with Gasteiger partial charge in [0.2, 0.25) is 0 Å². The van der Waals surface area contributed by atoms with E-state index >= 15 is 0 Å². The van der Waals surface area contributed by atoms with Crippen LogP contribution in [0.2, 0.25) is 0 Å². The van der Waals surface area contributed by atoms with Crippen molar-refractivity contribution in [2.24, 2.45) is 0 Å². The summed E-state index contributed by atoms with van der Waals surface area (Å²) in [6, 6.07) is 11.8. The Bertz CT molecular complexity index is 944. The van der Waals surface area contributed by atoms with E-state index in [-0.39, 0.29) is 0 Å². The second-order valence-electron chi connectivity index (χ2n) is 5.08. The molecule has 3 aromatic heterocycles. The van der Waals surface area contributed by atoms with E-state index in [1.54, 1.807) is 11.3 Å². The van der Waals surface area contributed by atoms with Gasteiger partial charge in [0, 0.05) is 0 Å². The highest BCUT2D eigenvalue weighted by Gasteiger charge is 2.08. The summed E-state index contributed by atoms with van der Waals surface area (Å²) in [5.74, 6) is 2.25. The van der Waals surface area contributed by atoms with E-state index in [0.717, 1.165) is 39.1 Å². The number of aromatic nitrogens is 5. The van der Waals surface area contributed by atoms with E-state index in [2.05, 4.69) is 30.5 Å². The predicted molar refractivity (Wildman–Crippen MR) is 91.3 cm³/mol. The standard InChI is InChI=1S/C16H14N6S/c1-10-15(19-12-6-3-2-5-11(12)18-10)17-9-14-20-16(22-21-14)13-7-4-8-23-13/h2-8H,9H2,1H3,(H,17,19)(H,20,21,22). The second kappa shape index (κ2) is 5.77. The first-order chi connectivity index (χ1) is 11.3.